The molecular weight excluding hydrogens is 234 g/mol. The molecule has 0 bridgehead atoms. The topological polar surface area (TPSA) is 29.9 Å². The van der Waals surface area contributed by atoms with Gasteiger partial charge in [-0.1, -0.05) is 26.7 Å². The number of rotatable bonds is 5. The monoisotopic (exact) mass is 263 g/mol. The highest BCUT2D eigenvalue weighted by atomic mass is 15.2. The van der Waals surface area contributed by atoms with E-state index in [1.165, 1.54) is 37.7 Å². The molecule has 1 aliphatic carbocycles. The highest BCUT2D eigenvalue weighted by Gasteiger charge is 2.36. The average Bonchev–Trinajstić information content (AvgIpc) is 2.77. The van der Waals surface area contributed by atoms with Crippen molar-refractivity contribution >= 4 is 0 Å². The molecule has 1 aromatic rings. The van der Waals surface area contributed by atoms with E-state index >= 15 is 0 Å². The maximum atomic E-state index is 4.26. The molecule has 2 unspecified atom stereocenters. The van der Waals surface area contributed by atoms with Crippen LogP contribution in [0.1, 0.15) is 51.5 Å². The highest BCUT2D eigenvalue weighted by Crippen LogP contribution is 2.43. The Morgan fingerprint density at radius 2 is 2.26 bits per heavy atom. The second-order valence-corrected chi connectivity index (χ2v) is 6.80. The predicted molar refractivity (Wildman–Crippen MR) is 80.1 cm³/mol. The standard InChI is InChI=1S/C16H29N3/c1-16(2)10-6-5-7-14(16)15(17-3)9-8-13-11-18-19(4)12-13/h11-12,14-15,17H,5-10H2,1-4H3. The Balaban J connectivity index is 1.95. The summed E-state index contributed by atoms with van der Waals surface area (Å²) >= 11 is 0. The maximum Gasteiger partial charge on any atom is 0.0521 e. The Kier molecular flexibility index (Phi) is 4.67. The SMILES string of the molecule is CNC(CCc1cnn(C)c1)C1CCCCC1(C)C. The summed E-state index contributed by atoms with van der Waals surface area (Å²) in [5.74, 6) is 0.808. The van der Waals surface area contributed by atoms with Crippen molar-refractivity contribution in [2.45, 2.75) is 58.4 Å². The summed E-state index contributed by atoms with van der Waals surface area (Å²) in [6.07, 6.45) is 12.1. The Labute approximate surface area is 117 Å². The van der Waals surface area contributed by atoms with Gasteiger partial charge in [0.05, 0.1) is 6.20 Å². The van der Waals surface area contributed by atoms with Gasteiger partial charge >= 0.3 is 0 Å². The van der Waals surface area contributed by atoms with Crippen molar-refractivity contribution < 1.29 is 0 Å². The molecular formula is C16H29N3. The van der Waals surface area contributed by atoms with Gasteiger partial charge in [-0.3, -0.25) is 4.68 Å². The predicted octanol–water partition coefficient (Wildman–Crippen LogP) is 3.16. The van der Waals surface area contributed by atoms with Gasteiger partial charge in [0, 0.05) is 19.3 Å². The van der Waals surface area contributed by atoms with Gasteiger partial charge in [-0.2, -0.15) is 5.10 Å². The Hall–Kier alpha value is -0.830. The quantitative estimate of drug-likeness (QED) is 0.884. The van der Waals surface area contributed by atoms with Gasteiger partial charge in [-0.25, -0.2) is 0 Å². The van der Waals surface area contributed by atoms with Crippen LogP contribution in [0.2, 0.25) is 0 Å². The molecule has 0 aromatic carbocycles. The molecule has 1 N–H and O–H groups in total. The van der Waals surface area contributed by atoms with Gasteiger partial charge in [-0.05, 0) is 49.6 Å². The first-order valence-electron chi connectivity index (χ1n) is 7.68. The molecule has 1 heterocycles. The van der Waals surface area contributed by atoms with E-state index in [0.29, 0.717) is 11.5 Å². The molecule has 2 rings (SSSR count). The van der Waals surface area contributed by atoms with Crippen LogP contribution in [-0.2, 0) is 13.5 Å². The summed E-state index contributed by atoms with van der Waals surface area (Å²) < 4.78 is 1.90. The lowest BCUT2D eigenvalue weighted by Crippen LogP contribution is -2.43. The van der Waals surface area contributed by atoms with Crippen LogP contribution >= 0.6 is 0 Å². The Morgan fingerprint density at radius 3 is 2.84 bits per heavy atom. The largest absolute Gasteiger partial charge is 0.317 e. The zero-order valence-electron chi connectivity index (χ0n) is 12.9. The summed E-state index contributed by atoms with van der Waals surface area (Å²) in [4.78, 5) is 0. The van der Waals surface area contributed by atoms with Gasteiger partial charge in [0.15, 0.2) is 0 Å². The van der Waals surface area contributed by atoms with Crippen LogP contribution in [0.4, 0.5) is 0 Å². The van der Waals surface area contributed by atoms with E-state index in [0.717, 1.165) is 12.3 Å². The average molecular weight is 263 g/mol. The van der Waals surface area contributed by atoms with Crippen LogP contribution in [0.3, 0.4) is 0 Å². The van der Waals surface area contributed by atoms with Gasteiger partial charge in [0.25, 0.3) is 0 Å². The first-order valence-corrected chi connectivity index (χ1v) is 7.68. The first kappa shape index (κ1) is 14.6. The Bertz CT molecular complexity index is 394. The third-order valence-electron chi connectivity index (χ3n) is 4.95. The molecule has 3 nitrogen and oxygen atoms in total. The van der Waals surface area contributed by atoms with E-state index in [9.17, 15) is 0 Å². The molecule has 0 aliphatic heterocycles. The van der Waals surface area contributed by atoms with Crippen LogP contribution in [0.5, 0.6) is 0 Å². The van der Waals surface area contributed by atoms with Crippen molar-refractivity contribution in [2.24, 2.45) is 18.4 Å². The van der Waals surface area contributed by atoms with Crippen molar-refractivity contribution in [3.63, 3.8) is 0 Å². The van der Waals surface area contributed by atoms with Crippen molar-refractivity contribution in [3.05, 3.63) is 18.0 Å². The van der Waals surface area contributed by atoms with Crippen LogP contribution in [0.15, 0.2) is 12.4 Å². The van der Waals surface area contributed by atoms with E-state index in [2.05, 4.69) is 37.5 Å². The van der Waals surface area contributed by atoms with E-state index < -0.39 is 0 Å². The summed E-state index contributed by atoms with van der Waals surface area (Å²) in [7, 11) is 4.11. The van der Waals surface area contributed by atoms with E-state index in [1.807, 2.05) is 17.9 Å². The summed E-state index contributed by atoms with van der Waals surface area (Å²) in [6, 6.07) is 0.635. The fourth-order valence-electron chi connectivity index (χ4n) is 3.74. The van der Waals surface area contributed by atoms with Gasteiger partial charge in [-0.15, -0.1) is 0 Å². The van der Waals surface area contributed by atoms with Gasteiger partial charge in [0.1, 0.15) is 0 Å². The summed E-state index contributed by atoms with van der Waals surface area (Å²) in [5.41, 5.74) is 1.84. The lowest BCUT2D eigenvalue weighted by Gasteiger charge is -2.43. The molecule has 0 spiro atoms. The van der Waals surface area contributed by atoms with Crippen molar-refractivity contribution in [2.75, 3.05) is 7.05 Å². The molecule has 2 atom stereocenters. The molecule has 0 saturated heterocycles. The van der Waals surface area contributed by atoms with Crippen LogP contribution in [0.25, 0.3) is 0 Å². The lowest BCUT2D eigenvalue weighted by atomic mass is 9.65. The summed E-state index contributed by atoms with van der Waals surface area (Å²) in [5, 5.41) is 7.84. The molecule has 19 heavy (non-hydrogen) atoms. The zero-order valence-corrected chi connectivity index (χ0v) is 12.9. The number of nitrogens with zero attached hydrogens (tertiary/aromatic N) is 2. The number of hydrogen-bond acceptors (Lipinski definition) is 2. The van der Waals surface area contributed by atoms with Crippen LogP contribution < -0.4 is 5.32 Å². The Morgan fingerprint density at radius 1 is 1.47 bits per heavy atom. The third kappa shape index (κ3) is 3.59. The van der Waals surface area contributed by atoms with E-state index in [-0.39, 0.29) is 0 Å². The van der Waals surface area contributed by atoms with Crippen LogP contribution in [0, 0.1) is 11.3 Å². The molecule has 1 aliphatic rings. The van der Waals surface area contributed by atoms with Crippen molar-refractivity contribution in [3.8, 4) is 0 Å². The smallest absolute Gasteiger partial charge is 0.0521 e. The highest BCUT2D eigenvalue weighted by molar-refractivity contribution is 5.04. The zero-order chi connectivity index (χ0) is 13.9. The molecule has 1 fully saturated rings. The molecule has 0 amide bonds. The minimum atomic E-state index is 0.487. The van der Waals surface area contributed by atoms with Crippen LogP contribution in [-0.4, -0.2) is 22.9 Å². The third-order valence-corrected chi connectivity index (χ3v) is 4.95. The van der Waals surface area contributed by atoms with E-state index in [1.54, 1.807) is 0 Å². The second kappa shape index (κ2) is 6.08. The minimum Gasteiger partial charge on any atom is -0.317 e. The van der Waals surface area contributed by atoms with Crippen molar-refractivity contribution in [1.82, 2.24) is 15.1 Å². The molecule has 1 aromatic heterocycles. The van der Waals surface area contributed by atoms with Gasteiger partial charge in [0.2, 0.25) is 0 Å². The molecule has 108 valence electrons. The van der Waals surface area contributed by atoms with Crippen molar-refractivity contribution in [1.29, 1.82) is 0 Å². The fraction of sp³-hybridized carbons (Fsp3) is 0.812. The second-order valence-electron chi connectivity index (χ2n) is 6.80. The number of hydrogen-bond donors (Lipinski definition) is 1. The molecule has 3 heteroatoms. The minimum absolute atomic E-state index is 0.487. The van der Waals surface area contributed by atoms with E-state index in [4.69, 9.17) is 0 Å². The number of aryl methyl sites for hydroxylation is 2. The van der Waals surface area contributed by atoms with Gasteiger partial charge < -0.3 is 5.32 Å². The molecule has 0 radical (unpaired) electrons. The maximum absolute atomic E-state index is 4.26. The lowest BCUT2D eigenvalue weighted by molar-refractivity contribution is 0.0979. The molecule has 1 saturated carbocycles. The fourth-order valence-corrected chi connectivity index (χ4v) is 3.74. The number of nitrogens with one attached hydrogen (secondary N) is 1. The number of aromatic nitrogens is 2. The summed E-state index contributed by atoms with van der Waals surface area (Å²) in [6.45, 7) is 4.90. The first-order chi connectivity index (χ1) is 9.03. The normalized spacial score (nSPS) is 24.3.